The standard InChI is InChI=1S/C21H19Cl2NO4/c1-11-3-5-13(6-4-11)19(26)17-18(14-7-15(22)9-16(23)8-14)24(10-12(2)25)21(28)20(17)27/h3-9,12,17-18,25H,10H2,1-2H3. The lowest BCUT2D eigenvalue weighted by Gasteiger charge is -2.28. The van der Waals surface area contributed by atoms with Crippen LogP contribution in [-0.2, 0) is 9.59 Å². The van der Waals surface area contributed by atoms with Gasteiger partial charge in [-0.25, -0.2) is 0 Å². The number of carbonyl (C=O) groups excluding carboxylic acids is 3. The minimum Gasteiger partial charge on any atom is -0.392 e. The van der Waals surface area contributed by atoms with Crippen molar-refractivity contribution >= 4 is 40.7 Å². The van der Waals surface area contributed by atoms with Gasteiger partial charge in [0.15, 0.2) is 5.78 Å². The summed E-state index contributed by atoms with van der Waals surface area (Å²) in [5, 5.41) is 10.5. The summed E-state index contributed by atoms with van der Waals surface area (Å²) in [4.78, 5) is 39.8. The Labute approximate surface area is 172 Å². The molecule has 0 radical (unpaired) electrons. The van der Waals surface area contributed by atoms with Crippen LogP contribution in [0.4, 0.5) is 0 Å². The van der Waals surface area contributed by atoms with Gasteiger partial charge in [-0.15, -0.1) is 0 Å². The highest BCUT2D eigenvalue weighted by Gasteiger charge is 2.51. The zero-order chi connectivity index (χ0) is 20.6. The van der Waals surface area contributed by atoms with E-state index in [0.717, 1.165) is 5.56 Å². The molecule has 0 saturated carbocycles. The number of aryl methyl sites for hydroxylation is 1. The molecular formula is C21H19Cl2NO4. The van der Waals surface area contributed by atoms with Crippen LogP contribution in [0.2, 0.25) is 10.0 Å². The maximum Gasteiger partial charge on any atom is 0.291 e. The fraction of sp³-hybridized carbons (Fsp3) is 0.286. The molecule has 3 atom stereocenters. The highest BCUT2D eigenvalue weighted by molar-refractivity contribution is 6.44. The van der Waals surface area contributed by atoms with Gasteiger partial charge in [0.25, 0.3) is 5.91 Å². The number of halogens is 2. The molecule has 1 fully saturated rings. The molecule has 1 amide bonds. The zero-order valence-electron chi connectivity index (χ0n) is 15.4. The molecule has 28 heavy (non-hydrogen) atoms. The second-order valence-corrected chi connectivity index (χ2v) is 7.90. The van der Waals surface area contributed by atoms with Gasteiger partial charge in [-0.2, -0.15) is 0 Å². The van der Waals surface area contributed by atoms with Crippen molar-refractivity contribution in [1.82, 2.24) is 4.90 Å². The highest BCUT2D eigenvalue weighted by atomic mass is 35.5. The minimum atomic E-state index is -1.23. The highest BCUT2D eigenvalue weighted by Crippen LogP contribution is 2.40. The van der Waals surface area contributed by atoms with Gasteiger partial charge in [-0.3, -0.25) is 14.4 Å². The van der Waals surface area contributed by atoms with Gasteiger partial charge >= 0.3 is 0 Å². The van der Waals surface area contributed by atoms with Gasteiger partial charge in [0.05, 0.1) is 12.1 Å². The molecule has 0 aromatic heterocycles. The van der Waals surface area contributed by atoms with E-state index in [-0.39, 0.29) is 6.54 Å². The van der Waals surface area contributed by atoms with Crippen molar-refractivity contribution in [3.05, 3.63) is 69.2 Å². The Bertz CT molecular complexity index is 920. The fourth-order valence-corrected chi connectivity index (χ4v) is 4.03. The normalized spacial score (nSPS) is 20.5. The average molecular weight is 420 g/mol. The number of β-amino-alcohol motifs (C(OH)–C–C–N with tert-alkyl or cyclic N) is 1. The lowest BCUT2D eigenvalue weighted by atomic mass is 9.86. The molecule has 3 unspecified atom stereocenters. The first-order valence-corrected chi connectivity index (χ1v) is 9.54. The third kappa shape index (κ3) is 3.97. The van der Waals surface area contributed by atoms with Crippen LogP contribution in [0, 0.1) is 12.8 Å². The summed E-state index contributed by atoms with van der Waals surface area (Å²) < 4.78 is 0. The number of carbonyl (C=O) groups is 3. The molecule has 0 aliphatic carbocycles. The summed E-state index contributed by atoms with van der Waals surface area (Å²) >= 11 is 12.2. The number of amides is 1. The van der Waals surface area contributed by atoms with E-state index in [9.17, 15) is 19.5 Å². The van der Waals surface area contributed by atoms with Crippen LogP contribution in [0.5, 0.6) is 0 Å². The SMILES string of the molecule is Cc1ccc(C(=O)C2C(=O)C(=O)N(CC(C)O)C2c2cc(Cl)cc(Cl)c2)cc1. The number of rotatable bonds is 5. The van der Waals surface area contributed by atoms with E-state index in [0.29, 0.717) is 21.2 Å². The number of hydrogen-bond donors (Lipinski definition) is 1. The van der Waals surface area contributed by atoms with E-state index in [1.807, 2.05) is 6.92 Å². The quantitative estimate of drug-likeness (QED) is 0.456. The first kappa shape index (κ1) is 20.5. The van der Waals surface area contributed by atoms with Crippen LogP contribution >= 0.6 is 23.2 Å². The van der Waals surface area contributed by atoms with Crippen molar-refractivity contribution in [2.24, 2.45) is 5.92 Å². The first-order chi connectivity index (χ1) is 13.2. The Balaban J connectivity index is 2.11. The second-order valence-electron chi connectivity index (χ2n) is 7.03. The van der Waals surface area contributed by atoms with Crippen LogP contribution in [0.15, 0.2) is 42.5 Å². The Hall–Kier alpha value is -2.21. The van der Waals surface area contributed by atoms with E-state index in [4.69, 9.17) is 23.2 Å². The molecule has 1 aliphatic heterocycles. The van der Waals surface area contributed by atoms with Gasteiger partial charge in [-0.05, 0) is 37.6 Å². The molecular weight excluding hydrogens is 401 g/mol. The maximum atomic E-state index is 13.2. The predicted octanol–water partition coefficient (Wildman–Crippen LogP) is 3.63. The monoisotopic (exact) mass is 419 g/mol. The number of benzene rings is 2. The number of aliphatic hydroxyl groups excluding tert-OH is 1. The number of aliphatic hydroxyl groups is 1. The number of ketones is 2. The second kappa shape index (κ2) is 8.03. The molecule has 1 aliphatic rings. The summed E-state index contributed by atoms with van der Waals surface area (Å²) in [5.74, 6) is -3.28. The summed E-state index contributed by atoms with van der Waals surface area (Å²) in [7, 11) is 0. The lowest BCUT2D eigenvalue weighted by molar-refractivity contribution is -0.141. The van der Waals surface area contributed by atoms with Crippen molar-refractivity contribution in [1.29, 1.82) is 0 Å². The lowest BCUT2D eigenvalue weighted by Crippen LogP contribution is -2.36. The van der Waals surface area contributed by atoms with Crippen LogP contribution in [0.3, 0.4) is 0 Å². The first-order valence-electron chi connectivity index (χ1n) is 8.78. The molecule has 3 rings (SSSR count). The Kier molecular flexibility index (Phi) is 5.89. The third-order valence-electron chi connectivity index (χ3n) is 4.71. The van der Waals surface area contributed by atoms with Crippen LogP contribution in [-0.4, -0.2) is 40.1 Å². The summed E-state index contributed by atoms with van der Waals surface area (Å²) in [6, 6.07) is 10.6. The van der Waals surface area contributed by atoms with Gasteiger partial charge in [0.2, 0.25) is 5.78 Å². The third-order valence-corrected chi connectivity index (χ3v) is 5.15. The predicted molar refractivity (Wildman–Crippen MR) is 107 cm³/mol. The van der Waals surface area contributed by atoms with Crippen LogP contribution in [0.1, 0.15) is 34.5 Å². The molecule has 1 heterocycles. The summed E-state index contributed by atoms with van der Waals surface area (Å²) in [6.07, 6.45) is -0.873. The molecule has 7 heteroatoms. The smallest absolute Gasteiger partial charge is 0.291 e. The Morgan fingerprint density at radius 2 is 1.68 bits per heavy atom. The molecule has 5 nitrogen and oxygen atoms in total. The Morgan fingerprint density at radius 1 is 1.11 bits per heavy atom. The molecule has 1 N–H and O–H groups in total. The van der Waals surface area contributed by atoms with Crippen LogP contribution in [0.25, 0.3) is 0 Å². The number of likely N-dealkylation sites (tertiary alicyclic amines) is 1. The van der Waals surface area contributed by atoms with E-state index >= 15 is 0 Å². The van der Waals surface area contributed by atoms with E-state index in [1.165, 1.54) is 17.9 Å². The van der Waals surface area contributed by atoms with E-state index < -0.39 is 35.5 Å². The minimum absolute atomic E-state index is 0.0863. The van der Waals surface area contributed by atoms with Crippen molar-refractivity contribution in [3.8, 4) is 0 Å². The van der Waals surface area contributed by atoms with Gasteiger partial charge in [-0.1, -0.05) is 53.0 Å². The molecule has 146 valence electrons. The Morgan fingerprint density at radius 3 is 2.21 bits per heavy atom. The van der Waals surface area contributed by atoms with Crippen molar-refractivity contribution < 1.29 is 19.5 Å². The molecule has 0 spiro atoms. The number of nitrogens with zero attached hydrogens (tertiary/aromatic N) is 1. The maximum absolute atomic E-state index is 13.2. The summed E-state index contributed by atoms with van der Waals surface area (Å²) in [6.45, 7) is 3.31. The van der Waals surface area contributed by atoms with E-state index in [2.05, 4.69) is 0 Å². The van der Waals surface area contributed by atoms with E-state index in [1.54, 1.807) is 36.4 Å². The van der Waals surface area contributed by atoms with Gasteiger partial charge in [0.1, 0.15) is 5.92 Å². The molecule has 2 aromatic rings. The van der Waals surface area contributed by atoms with Gasteiger partial charge in [0, 0.05) is 22.2 Å². The molecule has 0 bridgehead atoms. The van der Waals surface area contributed by atoms with Crippen molar-refractivity contribution in [3.63, 3.8) is 0 Å². The van der Waals surface area contributed by atoms with Crippen molar-refractivity contribution in [2.75, 3.05) is 6.54 Å². The van der Waals surface area contributed by atoms with Gasteiger partial charge < -0.3 is 10.0 Å². The van der Waals surface area contributed by atoms with Crippen molar-refractivity contribution in [2.45, 2.75) is 26.0 Å². The number of hydrogen-bond acceptors (Lipinski definition) is 4. The zero-order valence-corrected chi connectivity index (χ0v) is 16.9. The molecule has 1 saturated heterocycles. The van der Waals surface area contributed by atoms with Crippen LogP contribution < -0.4 is 0 Å². The average Bonchev–Trinajstić information content (AvgIpc) is 2.85. The topological polar surface area (TPSA) is 74.7 Å². The fourth-order valence-electron chi connectivity index (χ4n) is 3.48. The summed E-state index contributed by atoms with van der Waals surface area (Å²) in [5.41, 5.74) is 1.79. The number of Topliss-reactive ketones (excluding diaryl/α,β-unsaturated/α-hetero) is 2. The largest absolute Gasteiger partial charge is 0.392 e. The molecule has 2 aromatic carbocycles.